The summed E-state index contributed by atoms with van der Waals surface area (Å²) in [7, 11) is 0. The van der Waals surface area contributed by atoms with Gasteiger partial charge in [-0.25, -0.2) is 0 Å². The Morgan fingerprint density at radius 1 is 0.875 bits per heavy atom. The molecule has 4 aliphatic rings. The topological polar surface area (TPSA) is 29.5 Å². The van der Waals surface area contributed by atoms with Crippen LogP contribution in [0.5, 0.6) is 0 Å². The van der Waals surface area contributed by atoms with Crippen molar-refractivity contribution < 1.29 is 9.84 Å². The molecule has 8 atom stereocenters. The van der Waals surface area contributed by atoms with E-state index in [0.29, 0.717) is 23.0 Å². The summed E-state index contributed by atoms with van der Waals surface area (Å²) < 4.78 is 6.38. The van der Waals surface area contributed by atoms with Crippen LogP contribution in [0.1, 0.15) is 85.5 Å². The summed E-state index contributed by atoms with van der Waals surface area (Å²) >= 11 is 0. The zero-order valence-electron chi connectivity index (χ0n) is 16.3. The largest absolute Gasteiger partial charge is 0.393 e. The van der Waals surface area contributed by atoms with E-state index in [2.05, 4.69) is 27.7 Å². The lowest BCUT2D eigenvalue weighted by molar-refractivity contribution is -0.146. The van der Waals surface area contributed by atoms with Crippen LogP contribution in [0.3, 0.4) is 0 Å². The summed E-state index contributed by atoms with van der Waals surface area (Å²) in [5.74, 6) is 3.47. The summed E-state index contributed by atoms with van der Waals surface area (Å²) in [6.07, 6.45) is 12.4. The van der Waals surface area contributed by atoms with Crippen molar-refractivity contribution in [1.29, 1.82) is 0 Å². The molecule has 4 saturated carbocycles. The number of hydrogen-bond donors (Lipinski definition) is 1. The fourth-order valence-corrected chi connectivity index (χ4v) is 7.74. The summed E-state index contributed by atoms with van der Waals surface area (Å²) in [4.78, 5) is 0. The molecule has 2 heteroatoms. The first-order valence-corrected chi connectivity index (χ1v) is 10.7. The van der Waals surface area contributed by atoms with Gasteiger partial charge < -0.3 is 9.84 Å². The van der Waals surface area contributed by atoms with Gasteiger partial charge in [0.05, 0.1) is 18.3 Å². The summed E-state index contributed by atoms with van der Waals surface area (Å²) in [6.45, 7) is 9.52. The van der Waals surface area contributed by atoms with Gasteiger partial charge in [-0.15, -0.1) is 0 Å². The molecule has 1 unspecified atom stereocenters. The van der Waals surface area contributed by atoms with Crippen LogP contribution in [-0.4, -0.2) is 23.4 Å². The van der Waals surface area contributed by atoms with Crippen LogP contribution in [0.25, 0.3) is 0 Å². The highest BCUT2D eigenvalue weighted by atomic mass is 16.5. The van der Waals surface area contributed by atoms with E-state index in [4.69, 9.17) is 4.74 Å². The first kappa shape index (κ1) is 17.3. The van der Waals surface area contributed by atoms with Gasteiger partial charge in [-0.2, -0.15) is 0 Å². The smallest absolute Gasteiger partial charge is 0.0635 e. The second-order valence-corrected chi connectivity index (χ2v) is 10.4. The molecule has 4 fully saturated rings. The third-order valence-corrected chi connectivity index (χ3v) is 8.99. The fraction of sp³-hybridized carbons (Fsp3) is 1.00. The zero-order chi connectivity index (χ0) is 17.1. The van der Waals surface area contributed by atoms with Crippen LogP contribution in [0.15, 0.2) is 0 Å². The number of aliphatic hydroxyl groups is 1. The average Bonchev–Trinajstić information content (AvgIpc) is 2.84. The van der Waals surface area contributed by atoms with Gasteiger partial charge in [0.2, 0.25) is 0 Å². The number of hydrogen-bond acceptors (Lipinski definition) is 2. The minimum absolute atomic E-state index is 0.0243. The second-order valence-electron chi connectivity index (χ2n) is 10.4. The number of ether oxygens (including phenoxy) is 1. The van der Waals surface area contributed by atoms with E-state index in [9.17, 15) is 5.11 Å². The number of fused-ring (bicyclic) bond motifs is 5. The van der Waals surface area contributed by atoms with E-state index < -0.39 is 0 Å². The minimum Gasteiger partial charge on any atom is -0.393 e. The molecule has 24 heavy (non-hydrogen) atoms. The number of rotatable bonds is 2. The number of aliphatic hydroxyl groups excluding tert-OH is 1. The molecule has 2 nitrogen and oxygen atoms in total. The molecule has 0 saturated heterocycles. The molecule has 0 bridgehead atoms. The first-order chi connectivity index (χ1) is 11.3. The summed E-state index contributed by atoms with van der Waals surface area (Å²) in [5, 5.41) is 10.2. The van der Waals surface area contributed by atoms with Crippen molar-refractivity contribution in [3.63, 3.8) is 0 Å². The highest BCUT2D eigenvalue weighted by molar-refractivity contribution is 5.09. The van der Waals surface area contributed by atoms with Crippen molar-refractivity contribution in [3.05, 3.63) is 0 Å². The molecule has 1 N–H and O–H groups in total. The fourth-order valence-electron chi connectivity index (χ4n) is 7.74. The molecule has 0 aromatic heterocycles. The SMILES string of the molecule is CC(C)O[C@H]1CC[C@H]2[C@@H]3CC[C@H]4CC(O)CC[C@]4(C)[C@H]3CC[C@]12C. The molecule has 0 heterocycles. The van der Waals surface area contributed by atoms with Crippen LogP contribution in [0.2, 0.25) is 0 Å². The zero-order valence-corrected chi connectivity index (χ0v) is 16.3. The Kier molecular flexibility index (Phi) is 4.32. The minimum atomic E-state index is -0.0243. The van der Waals surface area contributed by atoms with Crippen LogP contribution < -0.4 is 0 Å². The summed E-state index contributed by atoms with van der Waals surface area (Å²) in [6, 6.07) is 0. The van der Waals surface area contributed by atoms with E-state index in [-0.39, 0.29) is 6.10 Å². The van der Waals surface area contributed by atoms with E-state index in [1.807, 2.05) is 0 Å². The standard InChI is InChI=1S/C22H38O2/c1-14(2)24-20-8-7-18-17-6-5-15-13-16(23)9-11-21(15,3)19(17)10-12-22(18,20)4/h14-20,23H,5-13H2,1-4H3/t15-,16?,17-,18-,19-,20-,21-,22-/m0/s1. The third-order valence-electron chi connectivity index (χ3n) is 8.99. The first-order valence-electron chi connectivity index (χ1n) is 10.7. The highest BCUT2D eigenvalue weighted by Gasteiger charge is 2.60. The van der Waals surface area contributed by atoms with E-state index in [0.717, 1.165) is 36.5 Å². The molecule has 0 spiro atoms. The van der Waals surface area contributed by atoms with E-state index >= 15 is 0 Å². The third kappa shape index (κ3) is 2.50. The van der Waals surface area contributed by atoms with Crippen molar-refractivity contribution in [1.82, 2.24) is 0 Å². The van der Waals surface area contributed by atoms with Gasteiger partial charge in [0, 0.05) is 0 Å². The Labute approximate surface area is 148 Å². The molecule has 0 aromatic carbocycles. The van der Waals surface area contributed by atoms with Crippen molar-refractivity contribution >= 4 is 0 Å². The van der Waals surface area contributed by atoms with Crippen molar-refractivity contribution in [3.8, 4) is 0 Å². The predicted octanol–water partition coefficient (Wildman–Crippen LogP) is 5.18. The van der Waals surface area contributed by atoms with E-state index in [1.54, 1.807) is 0 Å². The van der Waals surface area contributed by atoms with Crippen LogP contribution in [-0.2, 0) is 4.74 Å². The molecular weight excluding hydrogens is 296 g/mol. The average molecular weight is 335 g/mol. The Morgan fingerprint density at radius 2 is 1.58 bits per heavy atom. The molecular formula is C22H38O2. The van der Waals surface area contributed by atoms with Gasteiger partial charge in [-0.1, -0.05) is 13.8 Å². The molecule has 138 valence electrons. The lowest BCUT2D eigenvalue weighted by Gasteiger charge is -2.60. The molecule has 4 rings (SSSR count). The Morgan fingerprint density at radius 3 is 2.33 bits per heavy atom. The van der Waals surface area contributed by atoms with E-state index in [1.165, 1.54) is 44.9 Å². The Bertz CT molecular complexity index is 475. The lowest BCUT2D eigenvalue weighted by atomic mass is 9.45. The Balaban J connectivity index is 1.56. The van der Waals surface area contributed by atoms with Gasteiger partial charge in [0.25, 0.3) is 0 Å². The maximum Gasteiger partial charge on any atom is 0.0635 e. The van der Waals surface area contributed by atoms with Gasteiger partial charge in [-0.3, -0.25) is 0 Å². The summed E-state index contributed by atoms with van der Waals surface area (Å²) in [5.41, 5.74) is 0.920. The monoisotopic (exact) mass is 334 g/mol. The van der Waals surface area contributed by atoms with Crippen LogP contribution >= 0.6 is 0 Å². The van der Waals surface area contributed by atoms with Gasteiger partial charge in [0.15, 0.2) is 0 Å². The maximum absolute atomic E-state index is 10.2. The normalized spacial score (nSPS) is 54.2. The lowest BCUT2D eigenvalue weighted by Crippen LogP contribution is -2.54. The second kappa shape index (κ2) is 5.98. The van der Waals surface area contributed by atoms with Crippen molar-refractivity contribution in [2.24, 2.45) is 34.5 Å². The molecule has 4 aliphatic carbocycles. The van der Waals surface area contributed by atoms with Crippen molar-refractivity contribution in [2.75, 3.05) is 0 Å². The maximum atomic E-state index is 10.2. The highest BCUT2D eigenvalue weighted by Crippen LogP contribution is 2.66. The predicted molar refractivity (Wildman–Crippen MR) is 97.7 cm³/mol. The van der Waals surface area contributed by atoms with Gasteiger partial charge in [-0.05, 0) is 106 Å². The van der Waals surface area contributed by atoms with Gasteiger partial charge in [0.1, 0.15) is 0 Å². The molecule has 0 aliphatic heterocycles. The van der Waals surface area contributed by atoms with Crippen molar-refractivity contribution in [2.45, 2.75) is 104 Å². The molecule has 0 radical (unpaired) electrons. The van der Waals surface area contributed by atoms with Crippen LogP contribution in [0, 0.1) is 34.5 Å². The van der Waals surface area contributed by atoms with Crippen LogP contribution in [0.4, 0.5) is 0 Å². The molecule has 0 amide bonds. The van der Waals surface area contributed by atoms with Gasteiger partial charge >= 0.3 is 0 Å². The molecule has 0 aromatic rings. The quantitative estimate of drug-likeness (QED) is 0.753. The Hall–Kier alpha value is -0.0800.